The summed E-state index contributed by atoms with van der Waals surface area (Å²) in [7, 11) is 1.74. The molecule has 1 aromatic heterocycles. The van der Waals surface area contributed by atoms with Crippen molar-refractivity contribution < 1.29 is 4.74 Å². The van der Waals surface area contributed by atoms with E-state index in [2.05, 4.69) is 41.5 Å². The minimum Gasteiger partial charge on any atom is -0.381 e. The smallest absolute Gasteiger partial charge is 0.0626 e. The summed E-state index contributed by atoms with van der Waals surface area (Å²) < 4.78 is 8.48. The van der Waals surface area contributed by atoms with Crippen molar-refractivity contribution in [3.8, 4) is 0 Å². The third kappa shape index (κ3) is 2.67. The summed E-state index contributed by atoms with van der Waals surface area (Å²) in [5.74, 6) is 0. The Bertz CT molecular complexity index is 273. The normalized spacial score (nSPS) is 13.2. The molecule has 0 aliphatic rings. The lowest BCUT2D eigenvalue weighted by atomic mass is 10.2. The van der Waals surface area contributed by atoms with Crippen molar-refractivity contribution in [3.05, 3.63) is 15.5 Å². The molecule has 0 radical (unpaired) electrons. The van der Waals surface area contributed by atoms with E-state index in [9.17, 15) is 0 Å². The topological polar surface area (TPSA) is 27.1 Å². The van der Waals surface area contributed by atoms with Crippen LogP contribution in [-0.2, 0) is 17.7 Å². The predicted molar refractivity (Wildman–Crippen MR) is 60.8 cm³/mol. The summed E-state index contributed by atoms with van der Waals surface area (Å²) in [4.78, 5) is 0. The molecule has 1 heterocycles. The number of aromatic nitrogens is 2. The standard InChI is InChI=1S/C9H15IN2O/c1-4-12-9(5-7(2)13-3)8(10)6-11-12/h6-7H,4-5H2,1-3H3. The number of aryl methyl sites for hydroxylation is 1. The van der Waals surface area contributed by atoms with Gasteiger partial charge in [-0.3, -0.25) is 4.68 Å². The van der Waals surface area contributed by atoms with Crippen molar-refractivity contribution in [3.63, 3.8) is 0 Å². The SMILES string of the molecule is CCn1ncc(I)c1CC(C)OC. The molecule has 74 valence electrons. The van der Waals surface area contributed by atoms with Crippen LogP contribution in [0, 0.1) is 3.57 Å². The summed E-state index contributed by atoms with van der Waals surface area (Å²) >= 11 is 2.32. The number of nitrogens with zero attached hydrogens (tertiary/aromatic N) is 2. The minimum absolute atomic E-state index is 0.260. The van der Waals surface area contributed by atoms with E-state index in [0.29, 0.717) is 0 Å². The Morgan fingerprint density at radius 3 is 2.92 bits per heavy atom. The van der Waals surface area contributed by atoms with Gasteiger partial charge in [-0.1, -0.05) is 0 Å². The van der Waals surface area contributed by atoms with Crippen molar-refractivity contribution in [2.75, 3.05) is 7.11 Å². The van der Waals surface area contributed by atoms with Gasteiger partial charge in [0.2, 0.25) is 0 Å². The summed E-state index contributed by atoms with van der Waals surface area (Å²) in [5.41, 5.74) is 1.28. The fourth-order valence-corrected chi connectivity index (χ4v) is 1.84. The van der Waals surface area contributed by atoms with E-state index in [-0.39, 0.29) is 6.10 Å². The molecule has 0 N–H and O–H groups in total. The molecule has 0 saturated carbocycles. The Morgan fingerprint density at radius 2 is 2.38 bits per heavy atom. The molecule has 1 rings (SSSR count). The van der Waals surface area contributed by atoms with Gasteiger partial charge in [-0.25, -0.2) is 0 Å². The molecule has 13 heavy (non-hydrogen) atoms. The molecule has 0 amide bonds. The van der Waals surface area contributed by atoms with E-state index < -0.39 is 0 Å². The van der Waals surface area contributed by atoms with E-state index >= 15 is 0 Å². The van der Waals surface area contributed by atoms with Crippen LogP contribution >= 0.6 is 22.6 Å². The second-order valence-corrected chi connectivity index (χ2v) is 4.17. The average Bonchev–Trinajstić information content (AvgIpc) is 2.48. The predicted octanol–water partition coefficient (Wildman–Crippen LogP) is 2.08. The van der Waals surface area contributed by atoms with E-state index in [1.54, 1.807) is 7.11 Å². The Kier molecular flexibility index (Phi) is 4.18. The van der Waals surface area contributed by atoms with Crippen LogP contribution in [0.15, 0.2) is 6.20 Å². The number of hydrogen-bond donors (Lipinski definition) is 0. The summed E-state index contributed by atoms with van der Waals surface area (Å²) in [6.07, 6.45) is 3.10. The molecule has 0 bridgehead atoms. The van der Waals surface area contributed by atoms with Crippen molar-refractivity contribution in [2.24, 2.45) is 0 Å². The van der Waals surface area contributed by atoms with Gasteiger partial charge in [0.25, 0.3) is 0 Å². The molecule has 0 aliphatic carbocycles. The van der Waals surface area contributed by atoms with Crippen LogP contribution in [0.2, 0.25) is 0 Å². The molecular weight excluding hydrogens is 279 g/mol. The van der Waals surface area contributed by atoms with E-state index in [1.165, 1.54) is 9.26 Å². The number of rotatable bonds is 4. The molecule has 3 nitrogen and oxygen atoms in total. The molecule has 0 fully saturated rings. The number of ether oxygens (including phenoxy) is 1. The first kappa shape index (κ1) is 11.0. The van der Waals surface area contributed by atoms with Crippen LogP contribution in [0.5, 0.6) is 0 Å². The fourth-order valence-electron chi connectivity index (χ4n) is 1.22. The maximum atomic E-state index is 5.23. The summed E-state index contributed by atoms with van der Waals surface area (Å²) in [6, 6.07) is 0. The Hall–Kier alpha value is -0.100. The van der Waals surface area contributed by atoms with Crippen molar-refractivity contribution in [2.45, 2.75) is 32.9 Å². The molecular formula is C9H15IN2O. The molecule has 1 unspecified atom stereocenters. The highest BCUT2D eigenvalue weighted by atomic mass is 127. The zero-order valence-electron chi connectivity index (χ0n) is 8.25. The molecule has 0 saturated heterocycles. The molecule has 1 atom stereocenters. The summed E-state index contributed by atoms with van der Waals surface area (Å²) in [5, 5.41) is 4.28. The van der Waals surface area contributed by atoms with Gasteiger partial charge in [-0.15, -0.1) is 0 Å². The maximum Gasteiger partial charge on any atom is 0.0626 e. The lowest BCUT2D eigenvalue weighted by molar-refractivity contribution is 0.116. The van der Waals surface area contributed by atoms with Crippen molar-refractivity contribution >= 4 is 22.6 Å². The minimum atomic E-state index is 0.260. The number of halogens is 1. The average molecular weight is 294 g/mol. The molecule has 0 spiro atoms. The summed E-state index contributed by atoms with van der Waals surface area (Å²) in [6.45, 7) is 5.10. The van der Waals surface area contributed by atoms with E-state index in [1.807, 2.05) is 10.9 Å². The Balaban J connectivity index is 2.79. The Labute approximate surface area is 92.6 Å². The van der Waals surface area contributed by atoms with E-state index in [0.717, 1.165) is 13.0 Å². The van der Waals surface area contributed by atoms with Crippen LogP contribution in [0.25, 0.3) is 0 Å². The van der Waals surface area contributed by atoms with E-state index in [4.69, 9.17) is 4.74 Å². The fraction of sp³-hybridized carbons (Fsp3) is 0.667. The van der Waals surface area contributed by atoms with Gasteiger partial charge in [0.15, 0.2) is 0 Å². The highest BCUT2D eigenvalue weighted by molar-refractivity contribution is 14.1. The number of methoxy groups -OCH3 is 1. The van der Waals surface area contributed by atoms with Gasteiger partial charge in [0.05, 0.1) is 21.6 Å². The maximum absolute atomic E-state index is 5.23. The molecule has 0 aliphatic heterocycles. The highest BCUT2D eigenvalue weighted by Crippen LogP contribution is 2.14. The lowest BCUT2D eigenvalue weighted by Gasteiger charge is -2.10. The van der Waals surface area contributed by atoms with Crippen LogP contribution in [0.1, 0.15) is 19.5 Å². The molecule has 0 aromatic carbocycles. The van der Waals surface area contributed by atoms with Gasteiger partial charge in [-0.05, 0) is 36.4 Å². The molecule has 1 aromatic rings. The van der Waals surface area contributed by atoms with Gasteiger partial charge in [0, 0.05) is 20.1 Å². The zero-order valence-corrected chi connectivity index (χ0v) is 10.4. The van der Waals surface area contributed by atoms with Crippen molar-refractivity contribution in [1.82, 2.24) is 9.78 Å². The second kappa shape index (κ2) is 4.95. The highest BCUT2D eigenvalue weighted by Gasteiger charge is 2.10. The first-order chi connectivity index (χ1) is 6.19. The first-order valence-corrected chi connectivity index (χ1v) is 5.49. The second-order valence-electron chi connectivity index (χ2n) is 3.01. The van der Waals surface area contributed by atoms with Gasteiger partial charge in [-0.2, -0.15) is 5.10 Å². The quantitative estimate of drug-likeness (QED) is 0.795. The van der Waals surface area contributed by atoms with Gasteiger partial charge < -0.3 is 4.74 Å². The first-order valence-electron chi connectivity index (χ1n) is 4.42. The zero-order chi connectivity index (χ0) is 9.84. The monoisotopic (exact) mass is 294 g/mol. The Morgan fingerprint density at radius 1 is 1.69 bits per heavy atom. The van der Waals surface area contributed by atoms with Gasteiger partial charge in [0.1, 0.15) is 0 Å². The third-order valence-electron chi connectivity index (χ3n) is 2.08. The van der Waals surface area contributed by atoms with Crippen LogP contribution in [0.3, 0.4) is 0 Å². The number of hydrogen-bond acceptors (Lipinski definition) is 2. The molecule has 4 heteroatoms. The third-order valence-corrected chi connectivity index (χ3v) is 2.98. The lowest BCUT2D eigenvalue weighted by Crippen LogP contribution is -2.13. The van der Waals surface area contributed by atoms with Crippen molar-refractivity contribution in [1.29, 1.82) is 0 Å². The van der Waals surface area contributed by atoms with Crippen LogP contribution in [-0.4, -0.2) is 23.0 Å². The van der Waals surface area contributed by atoms with Crippen LogP contribution < -0.4 is 0 Å². The van der Waals surface area contributed by atoms with Crippen LogP contribution in [0.4, 0.5) is 0 Å². The largest absolute Gasteiger partial charge is 0.381 e. The van der Waals surface area contributed by atoms with Gasteiger partial charge >= 0.3 is 0 Å².